The van der Waals surface area contributed by atoms with E-state index >= 15 is 0 Å². The molecule has 2 aliphatic rings. The van der Waals surface area contributed by atoms with Gasteiger partial charge in [-0.05, 0) is 18.2 Å². The number of benzene rings is 1. The van der Waals surface area contributed by atoms with Crippen molar-refractivity contribution in [1.29, 1.82) is 0 Å². The molecule has 14 heteroatoms. The van der Waals surface area contributed by atoms with E-state index in [1.807, 2.05) is 0 Å². The zero-order valence-corrected chi connectivity index (χ0v) is 20.0. The summed E-state index contributed by atoms with van der Waals surface area (Å²) in [6.07, 6.45) is -0.770. The summed E-state index contributed by atoms with van der Waals surface area (Å²) in [5.41, 5.74) is 0.908. The van der Waals surface area contributed by atoms with Gasteiger partial charge in [0.25, 0.3) is 0 Å². The van der Waals surface area contributed by atoms with Crippen LogP contribution in [0.15, 0.2) is 46.6 Å². The van der Waals surface area contributed by atoms with Gasteiger partial charge in [-0.3, -0.25) is 4.79 Å². The number of rotatable bonds is 7. The number of halogens is 3. The third-order valence-corrected chi connectivity index (χ3v) is 6.67. The third-order valence-electron chi connectivity index (χ3n) is 6.67. The highest BCUT2D eigenvalue weighted by Crippen LogP contribution is 2.36. The molecule has 0 unspecified atom stereocenters. The van der Waals surface area contributed by atoms with Crippen LogP contribution in [0.3, 0.4) is 0 Å². The van der Waals surface area contributed by atoms with E-state index in [-0.39, 0.29) is 23.2 Å². The van der Waals surface area contributed by atoms with Crippen LogP contribution in [0.2, 0.25) is 0 Å². The predicted octanol–water partition coefficient (Wildman–Crippen LogP) is 1.31. The number of nitrogens with one attached hydrogen (secondary N) is 1. The molecule has 0 spiro atoms. The van der Waals surface area contributed by atoms with E-state index in [1.54, 1.807) is 6.07 Å². The molecule has 0 amide bonds. The SMILES string of the molecule is CO[C@@H]1[C@@H](n2cc(-c3cc(F)c(F)c(F)c3)nn2)[C@@H](O)[C@@H](CO)O[C@@H]1C[C@H]1CC(c2cc[nH]c(=O)c2)=NO1. The maximum atomic E-state index is 13.8. The Labute approximate surface area is 213 Å². The highest BCUT2D eigenvalue weighted by Gasteiger charge is 2.48. The van der Waals surface area contributed by atoms with Gasteiger partial charge in [-0.2, -0.15) is 0 Å². The number of oxime groups is 1. The van der Waals surface area contributed by atoms with Crippen molar-refractivity contribution in [2.75, 3.05) is 13.7 Å². The van der Waals surface area contributed by atoms with Gasteiger partial charge in [0.05, 0.1) is 24.6 Å². The summed E-state index contributed by atoms with van der Waals surface area (Å²) < 4.78 is 53.8. The Kier molecular flexibility index (Phi) is 7.29. The fourth-order valence-electron chi connectivity index (χ4n) is 4.82. The molecule has 0 radical (unpaired) electrons. The quantitative estimate of drug-likeness (QED) is 0.384. The Bertz CT molecular complexity index is 1370. The molecule has 202 valence electrons. The first kappa shape index (κ1) is 26.0. The van der Waals surface area contributed by atoms with E-state index in [4.69, 9.17) is 14.3 Å². The van der Waals surface area contributed by atoms with Crippen LogP contribution in [-0.4, -0.2) is 80.1 Å². The molecular formula is C24H24F3N5O6. The topological polar surface area (TPSA) is 144 Å². The molecule has 4 heterocycles. The number of H-pyrrole nitrogens is 1. The number of hydrogen-bond acceptors (Lipinski definition) is 9. The second-order valence-electron chi connectivity index (χ2n) is 9.06. The van der Waals surface area contributed by atoms with E-state index in [0.29, 0.717) is 17.7 Å². The second kappa shape index (κ2) is 10.6. The zero-order valence-electron chi connectivity index (χ0n) is 20.0. The third kappa shape index (κ3) is 4.95. The summed E-state index contributed by atoms with van der Waals surface area (Å²) in [5, 5.41) is 32.9. The molecule has 6 atom stereocenters. The summed E-state index contributed by atoms with van der Waals surface area (Å²) in [6, 6.07) is 3.78. The van der Waals surface area contributed by atoms with E-state index in [9.17, 15) is 28.2 Å². The molecule has 1 fully saturated rings. The van der Waals surface area contributed by atoms with Crippen LogP contribution in [-0.2, 0) is 14.3 Å². The summed E-state index contributed by atoms with van der Waals surface area (Å²) >= 11 is 0. The Morgan fingerprint density at radius 2 is 1.95 bits per heavy atom. The maximum Gasteiger partial charge on any atom is 0.248 e. The number of hydrogen-bond donors (Lipinski definition) is 3. The second-order valence-corrected chi connectivity index (χ2v) is 9.06. The lowest BCUT2D eigenvalue weighted by molar-refractivity contribution is -0.219. The van der Waals surface area contributed by atoms with Gasteiger partial charge in [0.2, 0.25) is 5.56 Å². The molecule has 1 saturated heterocycles. The first-order valence-corrected chi connectivity index (χ1v) is 11.7. The fourth-order valence-corrected chi connectivity index (χ4v) is 4.82. The van der Waals surface area contributed by atoms with Crippen molar-refractivity contribution in [3.05, 3.63) is 70.0 Å². The number of methoxy groups -OCH3 is 1. The van der Waals surface area contributed by atoms with Crippen LogP contribution in [0.4, 0.5) is 13.2 Å². The summed E-state index contributed by atoms with van der Waals surface area (Å²) in [6.45, 7) is -0.513. The van der Waals surface area contributed by atoms with Gasteiger partial charge < -0.3 is 29.5 Å². The lowest BCUT2D eigenvalue weighted by Gasteiger charge is -2.44. The maximum absolute atomic E-state index is 13.8. The van der Waals surface area contributed by atoms with Gasteiger partial charge in [0, 0.05) is 43.3 Å². The summed E-state index contributed by atoms with van der Waals surface area (Å²) in [4.78, 5) is 19.7. The highest BCUT2D eigenvalue weighted by molar-refractivity contribution is 6.01. The number of nitrogens with zero attached hydrogens (tertiary/aromatic N) is 4. The van der Waals surface area contributed by atoms with Crippen LogP contribution in [0.1, 0.15) is 24.4 Å². The van der Waals surface area contributed by atoms with Gasteiger partial charge in [-0.1, -0.05) is 10.4 Å². The standard InChI is InChI=1S/C24H24F3N5O6/c1-36-24-18(8-13-7-16(30-38-13)11-2-3-28-20(34)6-11)37-19(10-33)23(35)22(24)32-9-17(29-31-32)12-4-14(25)21(27)15(26)5-12/h2-6,9,13,18-19,22-24,33,35H,7-8,10H2,1H3,(H,28,34)/t13-,18-,19-,22+,23+,24+/m1/s1. The van der Waals surface area contributed by atoms with Crippen LogP contribution >= 0.6 is 0 Å². The normalized spacial score (nSPS) is 27.3. The van der Waals surface area contributed by atoms with Gasteiger partial charge >= 0.3 is 0 Å². The molecule has 0 aliphatic carbocycles. The zero-order chi connectivity index (χ0) is 27.0. The predicted molar refractivity (Wildman–Crippen MR) is 125 cm³/mol. The van der Waals surface area contributed by atoms with Gasteiger partial charge in [0.1, 0.15) is 36.2 Å². The number of aromatic amines is 1. The minimum absolute atomic E-state index is 0.0310. The van der Waals surface area contributed by atoms with Crippen molar-refractivity contribution in [2.45, 2.75) is 49.4 Å². The van der Waals surface area contributed by atoms with Crippen molar-refractivity contribution >= 4 is 5.71 Å². The average molecular weight is 535 g/mol. The fraction of sp³-hybridized carbons (Fsp3) is 0.417. The smallest absolute Gasteiger partial charge is 0.248 e. The van der Waals surface area contributed by atoms with Crippen molar-refractivity contribution < 1.29 is 37.7 Å². The number of aliphatic hydroxyl groups excluding tert-OH is 2. The van der Waals surface area contributed by atoms with Crippen LogP contribution in [0, 0.1) is 17.5 Å². The first-order chi connectivity index (χ1) is 18.3. The molecule has 11 nitrogen and oxygen atoms in total. The Morgan fingerprint density at radius 1 is 1.18 bits per heavy atom. The molecule has 1 aromatic carbocycles. The Balaban J connectivity index is 1.37. The van der Waals surface area contributed by atoms with Crippen molar-refractivity contribution in [3.63, 3.8) is 0 Å². The number of aromatic nitrogens is 4. The average Bonchev–Trinajstić information content (AvgIpc) is 3.58. The molecule has 5 rings (SSSR count). The van der Waals surface area contributed by atoms with E-state index in [2.05, 4.69) is 20.5 Å². The first-order valence-electron chi connectivity index (χ1n) is 11.7. The van der Waals surface area contributed by atoms with Crippen LogP contribution in [0.5, 0.6) is 0 Å². The minimum atomic E-state index is -1.60. The summed E-state index contributed by atoms with van der Waals surface area (Å²) in [7, 11) is 1.41. The minimum Gasteiger partial charge on any atom is -0.394 e. The molecule has 0 saturated carbocycles. The molecule has 3 N–H and O–H groups in total. The molecule has 0 bridgehead atoms. The molecule has 3 aromatic rings. The molecule has 38 heavy (non-hydrogen) atoms. The number of aliphatic hydroxyl groups is 2. The highest BCUT2D eigenvalue weighted by atomic mass is 19.2. The van der Waals surface area contributed by atoms with Gasteiger partial charge in [-0.25, -0.2) is 17.9 Å². The molecular weight excluding hydrogens is 511 g/mol. The lowest BCUT2D eigenvalue weighted by atomic mass is 9.89. The lowest BCUT2D eigenvalue weighted by Crippen LogP contribution is -2.57. The van der Waals surface area contributed by atoms with Crippen molar-refractivity contribution in [2.24, 2.45) is 5.16 Å². The van der Waals surface area contributed by atoms with E-state index in [1.165, 1.54) is 30.3 Å². The van der Waals surface area contributed by atoms with Crippen LogP contribution < -0.4 is 5.56 Å². The molecule has 2 aromatic heterocycles. The van der Waals surface area contributed by atoms with Gasteiger partial charge in [-0.15, -0.1) is 5.10 Å². The van der Waals surface area contributed by atoms with Crippen LogP contribution in [0.25, 0.3) is 11.3 Å². The number of ether oxygens (including phenoxy) is 2. The van der Waals surface area contributed by atoms with E-state index in [0.717, 1.165) is 12.1 Å². The van der Waals surface area contributed by atoms with Gasteiger partial charge in [0.15, 0.2) is 17.5 Å². The van der Waals surface area contributed by atoms with Crippen molar-refractivity contribution in [3.8, 4) is 11.3 Å². The van der Waals surface area contributed by atoms with E-state index < -0.39 is 60.6 Å². The molecule has 2 aliphatic heterocycles. The van der Waals surface area contributed by atoms with Crippen molar-refractivity contribution in [1.82, 2.24) is 20.0 Å². The monoisotopic (exact) mass is 535 g/mol. The Morgan fingerprint density at radius 3 is 2.63 bits per heavy atom. The summed E-state index contributed by atoms with van der Waals surface area (Å²) in [5.74, 6) is -4.36. The largest absolute Gasteiger partial charge is 0.394 e. The Hall–Kier alpha value is -3.59. The number of pyridine rings is 1.